The fraction of sp³-hybridized carbons (Fsp3) is 0.500. The number of Topliss-reactive ketones (excluding diaryl/α,β-unsaturated/α-hetero) is 1. The van der Waals surface area contributed by atoms with E-state index < -0.39 is 12.6 Å². The molecule has 1 amide bonds. The van der Waals surface area contributed by atoms with Crippen LogP contribution < -0.4 is 10.6 Å². The van der Waals surface area contributed by atoms with E-state index in [4.69, 9.17) is 5.11 Å². The van der Waals surface area contributed by atoms with Gasteiger partial charge in [0.25, 0.3) is 0 Å². The summed E-state index contributed by atoms with van der Waals surface area (Å²) in [6.07, 6.45) is 0.105. The van der Waals surface area contributed by atoms with E-state index in [1.165, 1.54) is 0 Å². The SMILES string of the molecule is O=C(CO)CC(NC(=O)CN1CCNCC1)c1ccccc1. The molecule has 1 aliphatic heterocycles. The standard InChI is InChI=1S/C16H23N3O3/c20-12-14(21)10-15(13-4-2-1-3-5-13)18-16(22)11-19-8-6-17-7-9-19/h1-5,15,17,20H,6-12H2,(H,18,22). The van der Waals surface area contributed by atoms with E-state index in [1.54, 1.807) is 0 Å². The Labute approximate surface area is 130 Å². The van der Waals surface area contributed by atoms with Gasteiger partial charge < -0.3 is 15.7 Å². The zero-order valence-electron chi connectivity index (χ0n) is 12.6. The van der Waals surface area contributed by atoms with Gasteiger partial charge in [-0.3, -0.25) is 14.5 Å². The minimum atomic E-state index is -0.503. The van der Waals surface area contributed by atoms with Crippen molar-refractivity contribution in [1.82, 2.24) is 15.5 Å². The summed E-state index contributed by atoms with van der Waals surface area (Å²) in [6, 6.07) is 8.98. The Kier molecular flexibility index (Phi) is 6.51. The maximum absolute atomic E-state index is 12.2. The van der Waals surface area contributed by atoms with Gasteiger partial charge in [-0.25, -0.2) is 0 Å². The first-order valence-corrected chi connectivity index (χ1v) is 7.59. The minimum Gasteiger partial charge on any atom is -0.389 e. The molecule has 6 heteroatoms. The predicted molar refractivity (Wildman–Crippen MR) is 83.3 cm³/mol. The molecule has 1 aromatic carbocycles. The lowest BCUT2D eigenvalue weighted by molar-refractivity contribution is -0.124. The summed E-state index contributed by atoms with van der Waals surface area (Å²) in [4.78, 5) is 25.8. The van der Waals surface area contributed by atoms with Crippen molar-refractivity contribution in [3.63, 3.8) is 0 Å². The molecule has 0 saturated carbocycles. The average Bonchev–Trinajstić information content (AvgIpc) is 2.55. The molecular formula is C16H23N3O3. The first-order chi connectivity index (χ1) is 10.7. The van der Waals surface area contributed by atoms with Crippen LogP contribution in [0.15, 0.2) is 30.3 Å². The number of hydrogen-bond acceptors (Lipinski definition) is 5. The maximum Gasteiger partial charge on any atom is 0.234 e. The molecule has 1 saturated heterocycles. The van der Waals surface area contributed by atoms with Crippen LogP contribution in [0.3, 0.4) is 0 Å². The van der Waals surface area contributed by atoms with Gasteiger partial charge >= 0.3 is 0 Å². The van der Waals surface area contributed by atoms with Crippen LogP contribution in [0.5, 0.6) is 0 Å². The molecule has 0 aromatic heterocycles. The topological polar surface area (TPSA) is 81.7 Å². The molecule has 120 valence electrons. The number of piperazine rings is 1. The second-order valence-electron chi connectivity index (χ2n) is 5.46. The van der Waals surface area contributed by atoms with Gasteiger partial charge in [0, 0.05) is 32.6 Å². The van der Waals surface area contributed by atoms with E-state index in [9.17, 15) is 9.59 Å². The normalized spacial score (nSPS) is 17.0. The van der Waals surface area contributed by atoms with Crippen molar-refractivity contribution in [3.8, 4) is 0 Å². The highest BCUT2D eigenvalue weighted by Crippen LogP contribution is 2.16. The molecule has 0 bridgehead atoms. The summed E-state index contributed by atoms with van der Waals surface area (Å²) >= 11 is 0. The van der Waals surface area contributed by atoms with Crippen molar-refractivity contribution in [2.24, 2.45) is 0 Å². The molecule has 0 spiro atoms. The number of carbonyl (C=O) groups excluding carboxylic acids is 2. The van der Waals surface area contributed by atoms with Crippen LogP contribution in [-0.4, -0.2) is 61.0 Å². The van der Waals surface area contributed by atoms with Crippen LogP contribution in [0.1, 0.15) is 18.0 Å². The number of benzene rings is 1. The number of nitrogens with one attached hydrogen (secondary N) is 2. The Morgan fingerprint density at radius 2 is 1.91 bits per heavy atom. The van der Waals surface area contributed by atoms with Crippen LogP contribution in [0, 0.1) is 0 Å². The average molecular weight is 305 g/mol. The van der Waals surface area contributed by atoms with Gasteiger partial charge in [0.1, 0.15) is 6.61 Å². The van der Waals surface area contributed by atoms with Gasteiger partial charge in [-0.2, -0.15) is 0 Å². The molecule has 22 heavy (non-hydrogen) atoms. The molecule has 1 atom stereocenters. The summed E-state index contributed by atoms with van der Waals surface area (Å²) in [5.74, 6) is -0.377. The Hall–Kier alpha value is -1.76. The molecule has 1 unspecified atom stereocenters. The molecule has 0 radical (unpaired) electrons. The van der Waals surface area contributed by atoms with Crippen molar-refractivity contribution in [3.05, 3.63) is 35.9 Å². The van der Waals surface area contributed by atoms with E-state index >= 15 is 0 Å². The fourth-order valence-electron chi connectivity index (χ4n) is 2.54. The Balaban J connectivity index is 1.96. The molecule has 1 aromatic rings. The summed E-state index contributed by atoms with van der Waals surface area (Å²) in [5.41, 5.74) is 0.873. The lowest BCUT2D eigenvalue weighted by atomic mass is 10.0. The van der Waals surface area contributed by atoms with Crippen LogP contribution in [0.25, 0.3) is 0 Å². The minimum absolute atomic E-state index is 0.0958. The molecule has 0 aliphatic carbocycles. The van der Waals surface area contributed by atoms with Gasteiger partial charge in [0.15, 0.2) is 5.78 Å². The van der Waals surface area contributed by atoms with Crippen molar-refractivity contribution in [2.75, 3.05) is 39.3 Å². The van der Waals surface area contributed by atoms with Crippen molar-refractivity contribution in [1.29, 1.82) is 0 Å². The highest BCUT2D eigenvalue weighted by atomic mass is 16.3. The maximum atomic E-state index is 12.2. The van der Waals surface area contributed by atoms with Crippen LogP contribution in [-0.2, 0) is 9.59 Å². The molecule has 2 rings (SSSR count). The number of amides is 1. The second-order valence-corrected chi connectivity index (χ2v) is 5.46. The van der Waals surface area contributed by atoms with Gasteiger partial charge in [-0.05, 0) is 5.56 Å². The van der Waals surface area contributed by atoms with E-state index in [0.717, 1.165) is 31.7 Å². The lowest BCUT2D eigenvalue weighted by Gasteiger charge is -2.27. The monoisotopic (exact) mass is 305 g/mol. The number of hydrogen-bond donors (Lipinski definition) is 3. The molecule has 6 nitrogen and oxygen atoms in total. The summed E-state index contributed by atoms with van der Waals surface area (Å²) < 4.78 is 0. The van der Waals surface area contributed by atoms with Crippen LogP contribution >= 0.6 is 0 Å². The van der Waals surface area contributed by atoms with E-state index in [0.29, 0.717) is 6.54 Å². The summed E-state index contributed by atoms with van der Waals surface area (Å²) in [6.45, 7) is 3.30. The van der Waals surface area contributed by atoms with Crippen molar-refractivity contribution < 1.29 is 14.7 Å². The summed E-state index contributed by atoms with van der Waals surface area (Å²) in [5, 5.41) is 15.1. The first kappa shape index (κ1) is 16.6. The van der Waals surface area contributed by atoms with E-state index in [1.807, 2.05) is 30.3 Å². The third-order valence-corrected chi connectivity index (χ3v) is 3.72. The van der Waals surface area contributed by atoms with Crippen LogP contribution in [0.4, 0.5) is 0 Å². The molecule has 1 heterocycles. The lowest BCUT2D eigenvalue weighted by Crippen LogP contribution is -2.48. The third kappa shape index (κ3) is 5.22. The molecule has 1 aliphatic rings. The number of carbonyl (C=O) groups is 2. The Morgan fingerprint density at radius 1 is 1.23 bits per heavy atom. The number of rotatable bonds is 7. The third-order valence-electron chi connectivity index (χ3n) is 3.72. The molecular weight excluding hydrogens is 282 g/mol. The largest absolute Gasteiger partial charge is 0.389 e. The zero-order chi connectivity index (χ0) is 15.8. The smallest absolute Gasteiger partial charge is 0.234 e. The Bertz CT molecular complexity index is 487. The van der Waals surface area contributed by atoms with E-state index in [2.05, 4.69) is 15.5 Å². The van der Waals surface area contributed by atoms with Gasteiger partial charge in [-0.1, -0.05) is 30.3 Å². The highest BCUT2D eigenvalue weighted by molar-refractivity contribution is 5.82. The summed E-state index contributed by atoms with van der Waals surface area (Å²) in [7, 11) is 0. The first-order valence-electron chi connectivity index (χ1n) is 7.59. The number of nitrogens with zero attached hydrogens (tertiary/aromatic N) is 1. The predicted octanol–water partition coefficient (Wildman–Crippen LogP) is -0.299. The molecule has 1 fully saturated rings. The number of aliphatic hydroxyl groups excluding tert-OH is 1. The van der Waals surface area contributed by atoms with Crippen molar-refractivity contribution >= 4 is 11.7 Å². The van der Waals surface area contributed by atoms with Crippen LogP contribution in [0.2, 0.25) is 0 Å². The highest BCUT2D eigenvalue weighted by Gasteiger charge is 2.20. The fourth-order valence-corrected chi connectivity index (χ4v) is 2.54. The number of aliphatic hydroxyl groups is 1. The Morgan fingerprint density at radius 3 is 2.55 bits per heavy atom. The van der Waals surface area contributed by atoms with Crippen molar-refractivity contribution in [2.45, 2.75) is 12.5 Å². The number of ketones is 1. The van der Waals surface area contributed by atoms with Gasteiger partial charge in [-0.15, -0.1) is 0 Å². The zero-order valence-corrected chi connectivity index (χ0v) is 12.6. The molecule has 3 N–H and O–H groups in total. The quantitative estimate of drug-likeness (QED) is 0.644. The van der Waals surface area contributed by atoms with Gasteiger partial charge in [0.05, 0.1) is 12.6 Å². The van der Waals surface area contributed by atoms with E-state index in [-0.39, 0.29) is 18.1 Å². The van der Waals surface area contributed by atoms with Gasteiger partial charge in [0.2, 0.25) is 5.91 Å². The second kappa shape index (κ2) is 8.63.